The van der Waals surface area contributed by atoms with Gasteiger partial charge in [0.1, 0.15) is 0 Å². The SMILES string of the molecule is CNCC(OC(C)C(C)C)c1ccc(Br)cc1. The molecule has 0 amide bonds. The Morgan fingerprint density at radius 2 is 1.76 bits per heavy atom. The fourth-order valence-electron chi connectivity index (χ4n) is 1.52. The van der Waals surface area contributed by atoms with Gasteiger partial charge in [-0.05, 0) is 37.6 Å². The van der Waals surface area contributed by atoms with E-state index >= 15 is 0 Å². The van der Waals surface area contributed by atoms with Crippen LogP contribution in [0, 0.1) is 5.92 Å². The van der Waals surface area contributed by atoms with Crippen molar-refractivity contribution in [2.24, 2.45) is 5.92 Å². The first-order chi connectivity index (χ1) is 8.04. The van der Waals surface area contributed by atoms with Crippen molar-refractivity contribution in [3.63, 3.8) is 0 Å². The second kappa shape index (κ2) is 7.14. The molecule has 0 radical (unpaired) electrons. The summed E-state index contributed by atoms with van der Waals surface area (Å²) in [5.74, 6) is 0.532. The molecule has 17 heavy (non-hydrogen) atoms. The average Bonchev–Trinajstić information content (AvgIpc) is 2.29. The summed E-state index contributed by atoms with van der Waals surface area (Å²) in [6.45, 7) is 7.33. The van der Waals surface area contributed by atoms with Gasteiger partial charge in [-0.3, -0.25) is 0 Å². The third kappa shape index (κ3) is 4.78. The van der Waals surface area contributed by atoms with Crippen LogP contribution < -0.4 is 5.32 Å². The summed E-state index contributed by atoms with van der Waals surface area (Å²) < 4.78 is 7.20. The highest BCUT2D eigenvalue weighted by molar-refractivity contribution is 9.10. The Kier molecular flexibility index (Phi) is 6.17. The topological polar surface area (TPSA) is 21.3 Å². The molecule has 0 saturated heterocycles. The minimum Gasteiger partial charge on any atom is -0.369 e. The maximum Gasteiger partial charge on any atom is 0.0952 e. The van der Waals surface area contributed by atoms with E-state index in [1.807, 2.05) is 7.05 Å². The van der Waals surface area contributed by atoms with E-state index in [0.717, 1.165) is 11.0 Å². The highest BCUT2D eigenvalue weighted by Crippen LogP contribution is 2.22. The summed E-state index contributed by atoms with van der Waals surface area (Å²) in [5, 5.41) is 3.19. The van der Waals surface area contributed by atoms with Gasteiger partial charge < -0.3 is 10.1 Å². The Balaban J connectivity index is 2.74. The van der Waals surface area contributed by atoms with Crippen LogP contribution in [0.25, 0.3) is 0 Å². The van der Waals surface area contributed by atoms with Crippen molar-refractivity contribution in [1.82, 2.24) is 5.32 Å². The summed E-state index contributed by atoms with van der Waals surface area (Å²) in [4.78, 5) is 0. The van der Waals surface area contributed by atoms with Crippen molar-refractivity contribution in [3.05, 3.63) is 34.3 Å². The van der Waals surface area contributed by atoms with Gasteiger partial charge in [0.2, 0.25) is 0 Å². The van der Waals surface area contributed by atoms with Crippen LogP contribution in [0.3, 0.4) is 0 Å². The Hall–Kier alpha value is -0.380. The van der Waals surface area contributed by atoms with E-state index in [4.69, 9.17) is 4.74 Å². The molecule has 1 N–H and O–H groups in total. The highest BCUT2D eigenvalue weighted by atomic mass is 79.9. The van der Waals surface area contributed by atoms with E-state index in [1.54, 1.807) is 0 Å². The van der Waals surface area contributed by atoms with Gasteiger partial charge in [-0.15, -0.1) is 0 Å². The normalized spacial score (nSPS) is 14.9. The molecule has 3 heteroatoms. The van der Waals surface area contributed by atoms with Crippen LogP contribution in [0.1, 0.15) is 32.4 Å². The summed E-state index contributed by atoms with van der Waals surface area (Å²) >= 11 is 3.45. The predicted octanol–water partition coefficient (Wildman–Crippen LogP) is 3.77. The molecule has 0 saturated carbocycles. The number of rotatable bonds is 6. The molecule has 0 heterocycles. The molecule has 0 bridgehead atoms. The minimum absolute atomic E-state index is 0.116. The third-order valence-electron chi connectivity index (χ3n) is 2.95. The van der Waals surface area contributed by atoms with Crippen molar-refractivity contribution in [2.45, 2.75) is 33.0 Å². The van der Waals surface area contributed by atoms with Crippen LogP contribution in [0.2, 0.25) is 0 Å². The third-order valence-corrected chi connectivity index (χ3v) is 3.48. The van der Waals surface area contributed by atoms with Crippen molar-refractivity contribution in [1.29, 1.82) is 0 Å². The molecule has 0 aromatic heterocycles. The molecule has 1 aromatic carbocycles. The zero-order valence-corrected chi connectivity index (χ0v) is 12.6. The summed E-state index contributed by atoms with van der Waals surface area (Å²) in [7, 11) is 1.95. The fourth-order valence-corrected chi connectivity index (χ4v) is 1.79. The molecular weight excluding hydrogens is 278 g/mol. The van der Waals surface area contributed by atoms with Gasteiger partial charge in [0.05, 0.1) is 12.2 Å². The molecule has 96 valence electrons. The molecule has 1 rings (SSSR count). The van der Waals surface area contributed by atoms with Crippen LogP contribution in [-0.2, 0) is 4.74 Å². The van der Waals surface area contributed by atoms with E-state index in [9.17, 15) is 0 Å². The average molecular weight is 300 g/mol. The van der Waals surface area contributed by atoms with E-state index in [0.29, 0.717) is 5.92 Å². The van der Waals surface area contributed by atoms with Gasteiger partial charge in [-0.25, -0.2) is 0 Å². The quantitative estimate of drug-likeness (QED) is 0.863. The standard InChI is InChI=1S/C14H22BrNO/c1-10(2)11(3)17-14(9-16-4)12-5-7-13(15)8-6-12/h5-8,10-11,14,16H,9H2,1-4H3. The van der Waals surface area contributed by atoms with Crippen LogP contribution in [0.5, 0.6) is 0 Å². The van der Waals surface area contributed by atoms with E-state index in [1.165, 1.54) is 5.56 Å². The molecule has 0 spiro atoms. The molecule has 1 aromatic rings. The van der Waals surface area contributed by atoms with E-state index in [2.05, 4.69) is 66.3 Å². The first-order valence-corrected chi connectivity index (χ1v) is 6.89. The van der Waals surface area contributed by atoms with Gasteiger partial charge >= 0.3 is 0 Å². The van der Waals surface area contributed by atoms with E-state index < -0.39 is 0 Å². The maximum absolute atomic E-state index is 6.10. The second-order valence-corrected chi connectivity index (χ2v) is 5.60. The first-order valence-electron chi connectivity index (χ1n) is 6.10. The molecule has 2 atom stereocenters. The highest BCUT2D eigenvalue weighted by Gasteiger charge is 2.16. The lowest BCUT2D eigenvalue weighted by atomic mass is 10.1. The summed E-state index contributed by atoms with van der Waals surface area (Å²) in [6, 6.07) is 8.33. The largest absolute Gasteiger partial charge is 0.369 e. The molecule has 2 unspecified atom stereocenters. The number of halogens is 1. The summed E-state index contributed by atoms with van der Waals surface area (Å²) in [6.07, 6.45) is 0.377. The lowest BCUT2D eigenvalue weighted by molar-refractivity contribution is -0.0251. The molecule has 0 fully saturated rings. The fraction of sp³-hybridized carbons (Fsp3) is 0.571. The summed E-state index contributed by atoms with van der Waals surface area (Å²) in [5.41, 5.74) is 1.22. The number of likely N-dealkylation sites (N-methyl/N-ethyl adjacent to an activating group) is 1. The number of hydrogen-bond donors (Lipinski definition) is 1. The molecule has 0 aliphatic heterocycles. The van der Waals surface area contributed by atoms with Crippen molar-refractivity contribution < 1.29 is 4.74 Å². The van der Waals surface area contributed by atoms with Gasteiger partial charge in [-0.1, -0.05) is 41.9 Å². The predicted molar refractivity (Wildman–Crippen MR) is 76.2 cm³/mol. The number of benzene rings is 1. The zero-order valence-electron chi connectivity index (χ0n) is 11.0. The zero-order chi connectivity index (χ0) is 12.8. The molecule has 0 aliphatic carbocycles. The monoisotopic (exact) mass is 299 g/mol. The van der Waals surface area contributed by atoms with Gasteiger partial charge in [-0.2, -0.15) is 0 Å². The minimum atomic E-state index is 0.116. The Bertz CT molecular complexity index is 323. The molecule has 2 nitrogen and oxygen atoms in total. The van der Waals surface area contributed by atoms with Crippen LogP contribution in [0.4, 0.5) is 0 Å². The molecule has 0 aliphatic rings. The lowest BCUT2D eigenvalue weighted by Gasteiger charge is -2.25. The Morgan fingerprint density at radius 1 is 1.18 bits per heavy atom. The van der Waals surface area contributed by atoms with Crippen LogP contribution >= 0.6 is 15.9 Å². The van der Waals surface area contributed by atoms with Gasteiger partial charge in [0.15, 0.2) is 0 Å². The number of hydrogen-bond acceptors (Lipinski definition) is 2. The number of nitrogens with one attached hydrogen (secondary N) is 1. The van der Waals surface area contributed by atoms with Crippen LogP contribution in [0.15, 0.2) is 28.7 Å². The van der Waals surface area contributed by atoms with Crippen molar-refractivity contribution in [3.8, 4) is 0 Å². The number of ether oxygens (including phenoxy) is 1. The molecular formula is C14H22BrNO. The first kappa shape index (κ1) is 14.7. The van der Waals surface area contributed by atoms with Gasteiger partial charge in [0, 0.05) is 11.0 Å². The maximum atomic E-state index is 6.10. The van der Waals surface area contributed by atoms with Gasteiger partial charge in [0.25, 0.3) is 0 Å². The Labute approximate surface area is 113 Å². The second-order valence-electron chi connectivity index (χ2n) is 4.68. The van der Waals surface area contributed by atoms with E-state index in [-0.39, 0.29) is 12.2 Å². The lowest BCUT2D eigenvalue weighted by Crippen LogP contribution is -2.25. The van der Waals surface area contributed by atoms with Crippen molar-refractivity contribution in [2.75, 3.05) is 13.6 Å². The smallest absolute Gasteiger partial charge is 0.0952 e. The van der Waals surface area contributed by atoms with Crippen molar-refractivity contribution >= 4 is 15.9 Å². The van der Waals surface area contributed by atoms with Crippen LogP contribution in [-0.4, -0.2) is 19.7 Å². The Morgan fingerprint density at radius 3 is 2.24 bits per heavy atom.